The van der Waals surface area contributed by atoms with Gasteiger partial charge in [0.1, 0.15) is 5.75 Å². The molecule has 2 rings (SSSR count). The zero-order valence-electron chi connectivity index (χ0n) is 14.9. The van der Waals surface area contributed by atoms with Gasteiger partial charge in [0.05, 0.1) is 12.2 Å². The van der Waals surface area contributed by atoms with Gasteiger partial charge in [0, 0.05) is 24.7 Å². The van der Waals surface area contributed by atoms with Gasteiger partial charge in [-0.25, -0.2) is 4.79 Å². The van der Waals surface area contributed by atoms with Crippen LogP contribution in [0.5, 0.6) is 5.75 Å². The molecule has 0 fully saturated rings. The molecule has 0 N–H and O–H groups in total. The zero-order valence-corrected chi connectivity index (χ0v) is 14.9. The standard InChI is InChI=1S/C20H25NO3/c1-14(2)23-19-11-16(5)10-18(12-19)17-6-8-21(13-17)9-7-20(22)24-15(3)4/h6-15H,1-5H3/b9-7-. The van der Waals surface area contributed by atoms with Gasteiger partial charge in [0.25, 0.3) is 0 Å². The van der Waals surface area contributed by atoms with Crippen molar-refractivity contribution in [2.75, 3.05) is 0 Å². The van der Waals surface area contributed by atoms with E-state index in [0.717, 1.165) is 22.4 Å². The Balaban J connectivity index is 2.17. The third-order valence-electron chi connectivity index (χ3n) is 3.20. The summed E-state index contributed by atoms with van der Waals surface area (Å²) >= 11 is 0. The molecule has 1 heterocycles. The summed E-state index contributed by atoms with van der Waals surface area (Å²) in [5.74, 6) is 0.521. The molecule has 0 aliphatic carbocycles. The predicted molar refractivity (Wildman–Crippen MR) is 96.9 cm³/mol. The summed E-state index contributed by atoms with van der Waals surface area (Å²) in [4.78, 5) is 11.6. The van der Waals surface area contributed by atoms with Crippen LogP contribution in [0.1, 0.15) is 33.3 Å². The van der Waals surface area contributed by atoms with Crippen LogP contribution in [-0.2, 0) is 9.53 Å². The first-order chi connectivity index (χ1) is 11.3. The number of ether oxygens (including phenoxy) is 2. The van der Waals surface area contributed by atoms with E-state index in [1.54, 1.807) is 6.20 Å². The number of aromatic nitrogens is 1. The lowest BCUT2D eigenvalue weighted by Gasteiger charge is -2.12. The Morgan fingerprint density at radius 2 is 1.83 bits per heavy atom. The molecule has 1 aromatic carbocycles. The molecular formula is C20H25NO3. The number of rotatable bonds is 6. The van der Waals surface area contributed by atoms with Crippen LogP contribution in [0.25, 0.3) is 17.3 Å². The maximum Gasteiger partial charge on any atom is 0.332 e. The summed E-state index contributed by atoms with van der Waals surface area (Å²) in [5.41, 5.74) is 3.30. The number of carbonyl (C=O) groups is 1. The molecule has 4 nitrogen and oxygen atoms in total. The first-order valence-corrected chi connectivity index (χ1v) is 8.18. The summed E-state index contributed by atoms with van der Waals surface area (Å²) in [7, 11) is 0. The van der Waals surface area contributed by atoms with Gasteiger partial charge >= 0.3 is 5.97 Å². The molecule has 0 atom stereocenters. The van der Waals surface area contributed by atoms with Crippen LogP contribution in [0.2, 0.25) is 0 Å². The van der Waals surface area contributed by atoms with Gasteiger partial charge in [-0.15, -0.1) is 0 Å². The average molecular weight is 327 g/mol. The van der Waals surface area contributed by atoms with Crippen LogP contribution in [0.4, 0.5) is 0 Å². The Morgan fingerprint density at radius 3 is 2.50 bits per heavy atom. The second-order valence-electron chi connectivity index (χ2n) is 6.35. The average Bonchev–Trinajstić information content (AvgIpc) is 2.92. The van der Waals surface area contributed by atoms with Crippen molar-refractivity contribution in [2.24, 2.45) is 0 Å². The van der Waals surface area contributed by atoms with Crippen LogP contribution >= 0.6 is 0 Å². The van der Waals surface area contributed by atoms with Crippen LogP contribution in [0, 0.1) is 6.92 Å². The Hall–Kier alpha value is -2.49. The molecule has 128 valence electrons. The highest BCUT2D eigenvalue weighted by atomic mass is 16.5. The van der Waals surface area contributed by atoms with Gasteiger partial charge in [0.2, 0.25) is 0 Å². The van der Waals surface area contributed by atoms with Gasteiger partial charge in [-0.1, -0.05) is 6.07 Å². The van der Waals surface area contributed by atoms with Gasteiger partial charge in [-0.3, -0.25) is 0 Å². The molecule has 0 aliphatic heterocycles. The minimum atomic E-state index is -0.344. The Bertz CT molecular complexity index is 726. The highest BCUT2D eigenvalue weighted by molar-refractivity contribution is 5.85. The fraction of sp³-hybridized carbons (Fsp3) is 0.350. The van der Waals surface area contributed by atoms with Crippen molar-refractivity contribution in [3.63, 3.8) is 0 Å². The summed E-state index contributed by atoms with van der Waals surface area (Å²) < 4.78 is 12.7. The van der Waals surface area contributed by atoms with Gasteiger partial charge in [-0.05, 0) is 69.5 Å². The van der Waals surface area contributed by atoms with Crippen LogP contribution in [-0.4, -0.2) is 22.7 Å². The van der Waals surface area contributed by atoms with E-state index in [0.29, 0.717) is 0 Å². The van der Waals surface area contributed by atoms with E-state index >= 15 is 0 Å². The lowest BCUT2D eigenvalue weighted by atomic mass is 10.1. The highest BCUT2D eigenvalue weighted by Crippen LogP contribution is 2.27. The van der Waals surface area contributed by atoms with Crippen molar-refractivity contribution in [2.45, 2.75) is 46.8 Å². The monoisotopic (exact) mass is 327 g/mol. The Morgan fingerprint density at radius 1 is 1.08 bits per heavy atom. The summed E-state index contributed by atoms with van der Waals surface area (Å²) in [6.45, 7) is 9.73. The third-order valence-corrected chi connectivity index (χ3v) is 3.20. The molecule has 0 spiro atoms. The molecule has 1 aromatic heterocycles. The highest BCUT2D eigenvalue weighted by Gasteiger charge is 2.06. The molecule has 4 heteroatoms. The fourth-order valence-electron chi connectivity index (χ4n) is 2.35. The van der Waals surface area contributed by atoms with Crippen molar-refractivity contribution in [1.29, 1.82) is 0 Å². The van der Waals surface area contributed by atoms with Crippen molar-refractivity contribution < 1.29 is 14.3 Å². The Kier molecular flexibility index (Phi) is 5.85. The number of esters is 1. The summed E-state index contributed by atoms with van der Waals surface area (Å²) in [5, 5.41) is 0. The lowest BCUT2D eigenvalue weighted by Crippen LogP contribution is -2.08. The molecule has 2 aromatic rings. The first kappa shape index (κ1) is 17.9. The van der Waals surface area contributed by atoms with E-state index in [9.17, 15) is 4.79 Å². The van der Waals surface area contributed by atoms with Gasteiger partial charge in [0.15, 0.2) is 0 Å². The first-order valence-electron chi connectivity index (χ1n) is 8.18. The number of aryl methyl sites for hydroxylation is 1. The van der Waals surface area contributed by atoms with Crippen LogP contribution in [0.3, 0.4) is 0 Å². The topological polar surface area (TPSA) is 40.5 Å². The van der Waals surface area contributed by atoms with E-state index in [1.807, 2.05) is 62.9 Å². The summed E-state index contributed by atoms with van der Waals surface area (Å²) in [6.07, 6.45) is 7.00. The molecule has 0 amide bonds. The summed E-state index contributed by atoms with van der Waals surface area (Å²) in [6, 6.07) is 8.18. The van der Waals surface area contributed by atoms with Crippen LogP contribution < -0.4 is 4.74 Å². The molecule has 0 saturated carbocycles. The molecule has 0 unspecified atom stereocenters. The molecule has 24 heavy (non-hydrogen) atoms. The van der Waals surface area contributed by atoms with Gasteiger partial charge < -0.3 is 14.0 Å². The molecule has 0 saturated heterocycles. The van der Waals surface area contributed by atoms with E-state index in [1.165, 1.54) is 6.08 Å². The van der Waals surface area contributed by atoms with Crippen molar-refractivity contribution >= 4 is 12.2 Å². The zero-order chi connectivity index (χ0) is 17.7. The van der Waals surface area contributed by atoms with E-state index in [-0.39, 0.29) is 18.2 Å². The van der Waals surface area contributed by atoms with Crippen LogP contribution in [0.15, 0.2) is 42.7 Å². The largest absolute Gasteiger partial charge is 0.491 e. The maximum atomic E-state index is 11.6. The van der Waals surface area contributed by atoms with E-state index in [4.69, 9.17) is 9.47 Å². The minimum absolute atomic E-state index is 0.117. The third kappa shape index (κ3) is 5.30. The van der Waals surface area contributed by atoms with Crippen molar-refractivity contribution in [1.82, 2.24) is 4.57 Å². The normalized spacial score (nSPS) is 11.5. The maximum absolute atomic E-state index is 11.6. The molecule has 0 aliphatic rings. The lowest BCUT2D eigenvalue weighted by molar-refractivity contribution is -0.141. The number of benzene rings is 1. The number of hydrogen-bond acceptors (Lipinski definition) is 3. The predicted octanol–water partition coefficient (Wildman–Crippen LogP) is 4.67. The van der Waals surface area contributed by atoms with E-state index < -0.39 is 0 Å². The second-order valence-corrected chi connectivity index (χ2v) is 6.35. The smallest absolute Gasteiger partial charge is 0.332 e. The number of carbonyl (C=O) groups excluding carboxylic acids is 1. The van der Waals surface area contributed by atoms with Crippen molar-refractivity contribution in [3.8, 4) is 16.9 Å². The second kappa shape index (κ2) is 7.86. The molecule has 0 radical (unpaired) electrons. The SMILES string of the molecule is Cc1cc(OC(C)C)cc(-c2ccn(/C=C\C(=O)OC(C)C)c2)c1. The van der Waals surface area contributed by atoms with E-state index in [2.05, 4.69) is 13.0 Å². The van der Waals surface area contributed by atoms with Crippen molar-refractivity contribution in [3.05, 3.63) is 48.3 Å². The quantitative estimate of drug-likeness (QED) is 0.571. The number of hydrogen-bond donors (Lipinski definition) is 0. The van der Waals surface area contributed by atoms with Gasteiger partial charge in [-0.2, -0.15) is 0 Å². The molecule has 0 bridgehead atoms. The Labute approximate surface area is 143 Å². The minimum Gasteiger partial charge on any atom is -0.491 e. The number of nitrogens with zero attached hydrogens (tertiary/aromatic N) is 1. The molecular weight excluding hydrogens is 302 g/mol. The fourth-order valence-corrected chi connectivity index (χ4v) is 2.35.